The highest BCUT2D eigenvalue weighted by Gasteiger charge is 2.11. The van der Waals surface area contributed by atoms with Crippen LogP contribution in [0.1, 0.15) is 5.76 Å². The zero-order valence-corrected chi connectivity index (χ0v) is 13.6. The summed E-state index contributed by atoms with van der Waals surface area (Å²) in [5, 5.41) is 15.5. The van der Waals surface area contributed by atoms with Crippen LogP contribution in [-0.4, -0.2) is 30.0 Å². The van der Waals surface area contributed by atoms with Crippen molar-refractivity contribution in [1.82, 2.24) is 30.0 Å². The quantitative estimate of drug-likeness (QED) is 0.533. The van der Waals surface area contributed by atoms with E-state index >= 15 is 0 Å². The molecule has 9 heteroatoms. The summed E-state index contributed by atoms with van der Waals surface area (Å²) in [6.07, 6.45) is 3.33. The molecule has 0 aliphatic carbocycles. The van der Waals surface area contributed by atoms with Gasteiger partial charge in [0.05, 0.1) is 23.0 Å². The van der Waals surface area contributed by atoms with Crippen molar-refractivity contribution in [2.75, 3.05) is 5.32 Å². The van der Waals surface area contributed by atoms with Gasteiger partial charge in [0.15, 0.2) is 16.6 Å². The Kier molecular flexibility index (Phi) is 3.17. The van der Waals surface area contributed by atoms with Gasteiger partial charge in [-0.1, -0.05) is 12.1 Å². The molecule has 0 unspecified atom stereocenters. The second-order valence-electron chi connectivity index (χ2n) is 5.33. The molecular weight excluding hydrogens is 338 g/mol. The van der Waals surface area contributed by atoms with Gasteiger partial charge in [-0.25, -0.2) is 9.97 Å². The maximum Gasteiger partial charge on any atom is 0.221 e. The van der Waals surface area contributed by atoms with E-state index in [1.165, 1.54) is 0 Å². The number of nitrogens with one attached hydrogen (secondary N) is 1. The lowest BCUT2D eigenvalue weighted by Gasteiger charge is -2.03. The van der Waals surface area contributed by atoms with Crippen LogP contribution in [0.2, 0.25) is 0 Å². The van der Waals surface area contributed by atoms with E-state index in [1.807, 2.05) is 30.3 Å². The third-order valence-corrected chi connectivity index (χ3v) is 4.76. The number of hydrogen-bond acceptors (Lipinski definition) is 8. The number of anilines is 1. The summed E-state index contributed by atoms with van der Waals surface area (Å²) in [5.41, 5.74) is 1.55. The van der Waals surface area contributed by atoms with Crippen molar-refractivity contribution in [2.45, 2.75) is 6.54 Å². The van der Waals surface area contributed by atoms with Crippen LogP contribution in [0.25, 0.3) is 26.6 Å². The van der Waals surface area contributed by atoms with Crippen molar-refractivity contribution in [2.24, 2.45) is 0 Å². The molecule has 0 saturated carbocycles. The Bertz CT molecular complexity index is 1140. The number of hydrogen-bond donors (Lipinski definition) is 1. The summed E-state index contributed by atoms with van der Waals surface area (Å²) in [4.78, 5) is 8.87. The second-order valence-corrected chi connectivity index (χ2v) is 6.36. The molecular formula is C16H11N7OS. The lowest BCUT2D eigenvalue weighted by atomic mass is 10.3. The van der Waals surface area contributed by atoms with Crippen LogP contribution >= 0.6 is 11.3 Å². The van der Waals surface area contributed by atoms with Crippen LogP contribution in [0.4, 0.5) is 5.82 Å². The van der Waals surface area contributed by atoms with Gasteiger partial charge in [0, 0.05) is 6.20 Å². The van der Waals surface area contributed by atoms with Gasteiger partial charge < -0.3 is 9.73 Å². The summed E-state index contributed by atoms with van der Waals surface area (Å²) in [6.45, 7) is 0.477. The van der Waals surface area contributed by atoms with Gasteiger partial charge >= 0.3 is 0 Å². The highest BCUT2D eigenvalue weighted by molar-refractivity contribution is 7.21. The summed E-state index contributed by atoms with van der Waals surface area (Å²) in [5.74, 6) is 2.14. The second kappa shape index (κ2) is 5.64. The average molecular weight is 349 g/mol. The van der Waals surface area contributed by atoms with Crippen molar-refractivity contribution >= 4 is 33.0 Å². The van der Waals surface area contributed by atoms with Gasteiger partial charge in [0.1, 0.15) is 5.76 Å². The van der Waals surface area contributed by atoms with Gasteiger partial charge in [-0.2, -0.15) is 4.52 Å². The fourth-order valence-electron chi connectivity index (χ4n) is 2.54. The fourth-order valence-corrected chi connectivity index (χ4v) is 3.47. The lowest BCUT2D eigenvalue weighted by molar-refractivity contribution is 0.531. The van der Waals surface area contributed by atoms with Gasteiger partial charge in [0.2, 0.25) is 5.65 Å². The van der Waals surface area contributed by atoms with Crippen molar-refractivity contribution in [3.8, 4) is 10.8 Å². The van der Waals surface area contributed by atoms with Crippen molar-refractivity contribution in [3.63, 3.8) is 0 Å². The molecule has 0 aliphatic heterocycles. The summed E-state index contributed by atoms with van der Waals surface area (Å²) in [7, 11) is 0. The Morgan fingerprint density at radius 1 is 1.16 bits per heavy atom. The van der Waals surface area contributed by atoms with Gasteiger partial charge in [0.25, 0.3) is 0 Å². The summed E-state index contributed by atoms with van der Waals surface area (Å²) in [6, 6.07) is 11.9. The molecule has 0 aliphatic rings. The van der Waals surface area contributed by atoms with Gasteiger partial charge in [-0.15, -0.1) is 16.4 Å². The molecule has 5 rings (SSSR count). The van der Waals surface area contributed by atoms with E-state index in [9.17, 15) is 0 Å². The van der Waals surface area contributed by atoms with E-state index in [0.29, 0.717) is 18.0 Å². The zero-order chi connectivity index (χ0) is 16.6. The van der Waals surface area contributed by atoms with Gasteiger partial charge in [-0.05, 0) is 34.7 Å². The number of benzene rings is 1. The van der Waals surface area contributed by atoms with E-state index < -0.39 is 0 Å². The Balaban J connectivity index is 1.38. The first-order chi connectivity index (χ1) is 12.4. The maximum atomic E-state index is 5.91. The highest BCUT2D eigenvalue weighted by Crippen LogP contribution is 2.31. The molecule has 0 amide bonds. The molecule has 5 aromatic rings. The minimum absolute atomic E-state index is 0.477. The van der Waals surface area contributed by atoms with Gasteiger partial charge in [-0.3, -0.25) is 0 Å². The molecule has 4 aromatic heterocycles. The number of para-hydroxylation sites is 1. The monoisotopic (exact) mass is 349 g/mol. The fraction of sp³-hybridized carbons (Fsp3) is 0.0625. The smallest absolute Gasteiger partial charge is 0.221 e. The first-order valence-corrected chi connectivity index (χ1v) is 8.40. The van der Waals surface area contributed by atoms with Crippen LogP contribution < -0.4 is 5.32 Å². The number of aromatic nitrogens is 6. The Hall–Kier alpha value is -3.33. The Morgan fingerprint density at radius 2 is 2.12 bits per heavy atom. The Morgan fingerprint density at radius 3 is 3.08 bits per heavy atom. The molecule has 1 N–H and O–H groups in total. The van der Waals surface area contributed by atoms with E-state index in [-0.39, 0.29) is 0 Å². The van der Waals surface area contributed by atoms with Crippen molar-refractivity contribution in [3.05, 3.63) is 54.6 Å². The van der Waals surface area contributed by atoms with E-state index in [4.69, 9.17) is 4.42 Å². The van der Waals surface area contributed by atoms with Crippen LogP contribution in [0.15, 0.2) is 53.2 Å². The predicted octanol–water partition coefficient (Wildman–Crippen LogP) is 3.00. The zero-order valence-electron chi connectivity index (χ0n) is 12.8. The first kappa shape index (κ1) is 14.1. The standard InChI is InChI=1S/C16H11N7OS/c1-2-4-13-11(3-1)19-16(25-13)12-6-5-10(24-12)9-18-14-15-20-21-22-23(15)8-7-17-14/h1-8H,9H2,(H,17,18). The SMILES string of the molecule is c1ccc2sc(-c3ccc(CNc4nccn5nnnc45)o3)nc2c1. The van der Waals surface area contributed by atoms with Crippen molar-refractivity contribution in [1.29, 1.82) is 0 Å². The number of furan rings is 1. The molecule has 1 aromatic carbocycles. The van der Waals surface area contributed by atoms with E-state index in [0.717, 1.165) is 26.7 Å². The Labute approximate surface area is 145 Å². The third kappa shape index (κ3) is 2.50. The molecule has 0 radical (unpaired) electrons. The highest BCUT2D eigenvalue weighted by atomic mass is 32.1. The summed E-state index contributed by atoms with van der Waals surface area (Å²) < 4.78 is 8.62. The number of tetrazole rings is 1. The number of nitrogens with zero attached hydrogens (tertiary/aromatic N) is 6. The lowest BCUT2D eigenvalue weighted by Crippen LogP contribution is -2.03. The maximum absolute atomic E-state index is 5.91. The third-order valence-electron chi connectivity index (χ3n) is 3.71. The topological polar surface area (TPSA) is 94.0 Å². The number of rotatable bonds is 4. The average Bonchev–Trinajstić information content (AvgIpc) is 3.37. The minimum atomic E-state index is 0.477. The molecule has 0 bridgehead atoms. The minimum Gasteiger partial charge on any atom is -0.457 e. The molecule has 4 heterocycles. The summed E-state index contributed by atoms with van der Waals surface area (Å²) >= 11 is 1.61. The van der Waals surface area contributed by atoms with E-state index in [1.54, 1.807) is 28.2 Å². The largest absolute Gasteiger partial charge is 0.457 e. The molecule has 25 heavy (non-hydrogen) atoms. The van der Waals surface area contributed by atoms with Crippen LogP contribution in [0.5, 0.6) is 0 Å². The van der Waals surface area contributed by atoms with Crippen LogP contribution in [0.3, 0.4) is 0 Å². The molecule has 0 saturated heterocycles. The molecule has 0 spiro atoms. The molecule has 0 atom stereocenters. The molecule has 0 fully saturated rings. The predicted molar refractivity (Wildman–Crippen MR) is 93.2 cm³/mol. The number of fused-ring (bicyclic) bond motifs is 2. The van der Waals surface area contributed by atoms with E-state index in [2.05, 4.69) is 36.9 Å². The van der Waals surface area contributed by atoms with Crippen LogP contribution in [-0.2, 0) is 6.54 Å². The van der Waals surface area contributed by atoms with Crippen molar-refractivity contribution < 1.29 is 4.42 Å². The normalized spacial score (nSPS) is 11.4. The molecule has 8 nitrogen and oxygen atoms in total. The number of thiazole rings is 1. The molecule has 122 valence electrons. The first-order valence-electron chi connectivity index (χ1n) is 7.58. The van der Waals surface area contributed by atoms with Crippen LogP contribution in [0, 0.1) is 0 Å².